The molecule has 0 aromatic rings. The van der Waals surface area contributed by atoms with Crippen LogP contribution in [0.5, 0.6) is 0 Å². The third kappa shape index (κ3) is 24.5. The number of hydrogen-bond acceptors (Lipinski definition) is 4. The zero-order chi connectivity index (χ0) is 6.57. The molecule has 0 saturated carbocycles. The Morgan fingerprint density at radius 3 is 1.18 bits per heavy atom. The zero-order valence-electron chi connectivity index (χ0n) is 6.29. The Hall–Kier alpha value is 1.91. The van der Waals surface area contributed by atoms with Gasteiger partial charge in [0.05, 0.1) is 11.9 Å². The molecule has 0 aliphatic heterocycles. The van der Waals surface area contributed by atoms with E-state index >= 15 is 0 Å². The van der Waals surface area contributed by atoms with Gasteiger partial charge in [-0.3, -0.25) is 0 Å². The molecule has 0 rings (SSSR count). The number of carbonyl (C=O) groups is 2. The molecular formula is C4H4K2O5. The van der Waals surface area contributed by atoms with Crippen LogP contribution in [0.2, 0.25) is 0 Å². The van der Waals surface area contributed by atoms with Crippen LogP contribution >= 0.6 is 0 Å². The van der Waals surface area contributed by atoms with Crippen molar-refractivity contribution >= 4 is 11.9 Å². The fourth-order valence-electron chi connectivity index (χ4n) is 0.136. The molecule has 0 aliphatic rings. The molecule has 2 N–H and O–H groups in total. The van der Waals surface area contributed by atoms with Gasteiger partial charge in [0, 0.05) is 0 Å². The van der Waals surface area contributed by atoms with E-state index in [1.807, 2.05) is 0 Å². The van der Waals surface area contributed by atoms with Gasteiger partial charge in [0.2, 0.25) is 0 Å². The molecule has 0 bridgehead atoms. The Morgan fingerprint density at radius 1 is 0.909 bits per heavy atom. The molecule has 0 unspecified atom stereocenters. The minimum atomic E-state index is -1.55. The summed E-state index contributed by atoms with van der Waals surface area (Å²) in [7, 11) is 0. The fourth-order valence-corrected chi connectivity index (χ4v) is 0.136. The number of hydrogen-bond donors (Lipinski definition) is 0. The maximum Gasteiger partial charge on any atom is 1.00 e. The van der Waals surface area contributed by atoms with Crippen molar-refractivity contribution in [3.8, 4) is 0 Å². The molecule has 0 amide bonds. The van der Waals surface area contributed by atoms with Crippen LogP contribution in [0.1, 0.15) is 0 Å². The monoisotopic (exact) mass is 210 g/mol. The van der Waals surface area contributed by atoms with Gasteiger partial charge in [-0.15, -0.1) is 0 Å². The SMILES string of the molecule is O.O=C([O-])/C=C/C(=O)[O-].[K+].[K+]. The van der Waals surface area contributed by atoms with Crippen molar-refractivity contribution in [1.82, 2.24) is 0 Å². The van der Waals surface area contributed by atoms with Crippen molar-refractivity contribution in [2.75, 3.05) is 0 Å². The van der Waals surface area contributed by atoms with Gasteiger partial charge in [0.15, 0.2) is 0 Å². The molecule has 0 fully saturated rings. The van der Waals surface area contributed by atoms with Gasteiger partial charge in [-0.05, 0) is 12.2 Å². The topological polar surface area (TPSA) is 112 Å². The third-order valence-electron chi connectivity index (χ3n) is 0.355. The molecule has 0 heterocycles. The van der Waals surface area contributed by atoms with Gasteiger partial charge in [0.25, 0.3) is 0 Å². The second-order valence-electron chi connectivity index (χ2n) is 0.971. The summed E-state index contributed by atoms with van der Waals surface area (Å²) < 4.78 is 0. The number of aliphatic carboxylic acids is 2. The number of rotatable bonds is 2. The predicted octanol–water partition coefficient (Wildman–Crippen LogP) is -9.77. The molecule has 5 nitrogen and oxygen atoms in total. The van der Waals surface area contributed by atoms with Gasteiger partial charge in [-0.1, -0.05) is 0 Å². The number of carboxylic acids is 2. The normalized spacial score (nSPS) is 6.91. The maximum absolute atomic E-state index is 9.41. The van der Waals surface area contributed by atoms with Crippen molar-refractivity contribution in [1.29, 1.82) is 0 Å². The quantitative estimate of drug-likeness (QED) is 0.332. The van der Waals surface area contributed by atoms with Crippen LogP contribution in [0, 0.1) is 0 Å². The first-order valence-electron chi connectivity index (χ1n) is 1.73. The summed E-state index contributed by atoms with van der Waals surface area (Å²) in [6.07, 6.45) is 0.769. The summed E-state index contributed by atoms with van der Waals surface area (Å²) in [6.45, 7) is 0. The van der Waals surface area contributed by atoms with E-state index in [4.69, 9.17) is 0 Å². The largest absolute Gasteiger partial charge is 1.00 e. The summed E-state index contributed by atoms with van der Waals surface area (Å²) >= 11 is 0. The van der Waals surface area contributed by atoms with Crippen molar-refractivity contribution in [2.45, 2.75) is 0 Å². The Bertz CT molecular complexity index is 127. The molecule has 0 spiro atoms. The van der Waals surface area contributed by atoms with Gasteiger partial charge < -0.3 is 25.3 Å². The molecule has 11 heavy (non-hydrogen) atoms. The van der Waals surface area contributed by atoms with E-state index in [0.717, 1.165) is 0 Å². The molecule has 0 atom stereocenters. The summed E-state index contributed by atoms with van der Waals surface area (Å²) in [6, 6.07) is 0. The molecule has 0 radical (unpaired) electrons. The minimum Gasteiger partial charge on any atom is -0.545 e. The zero-order valence-corrected chi connectivity index (χ0v) is 12.5. The summed E-state index contributed by atoms with van der Waals surface area (Å²) in [5.74, 6) is -3.09. The van der Waals surface area contributed by atoms with E-state index in [2.05, 4.69) is 0 Å². The molecular weight excluding hydrogens is 206 g/mol. The summed E-state index contributed by atoms with van der Waals surface area (Å²) in [5.41, 5.74) is 0. The van der Waals surface area contributed by atoms with Gasteiger partial charge in [-0.25, -0.2) is 0 Å². The number of carbonyl (C=O) groups excluding carboxylic acids is 2. The van der Waals surface area contributed by atoms with Crippen molar-refractivity contribution in [3.05, 3.63) is 12.2 Å². The maximum atomic E-state index is 9.41. The van der Waals surface area contributed by atoms with Crippen LogP contribution in [-0.2, 0) is 9.59 Å². The van der Waals surface area contributed by atoms with Crippen LogP contribution in [0.15, 0.2) is 12.2 Å². The van der Waals surface area contributed by atoms with Crippen LogP contribution in [0.4, 0.5) is 0 Å². The van der Waals surface area contributed by atoms with E-state index < -0.39 is 11.9 Å². The third-order valence-corrected chi connectivity index (χ3v) is 0.355. The predicted molar refractivity (Wildman–Crippen MR) is 22.8 cm³/mol. The standard InChI is InChI=1S/C4H4O4.2K.H2O/c5-3(6)1-2-4(7)8;;;/h1-2H,(H,5,6)(H,7,8);;;1H2/q;2*+1;/p-2/b2-1+;;;. The molecule has 0 aromatic carbocycles. The average molecular weight is 210 g/mol. The molecule has 0 saturated heterocycles. The average Bonchev–Trinajstić information content (AvgIpc) is 1.61. The van der Waals surface area contributed by atoms with Crippen LogP contribution in [0.3, 0.4) is 0 Å². The summed E-state index contributed by atoms with van der Waals surface area (Å²) in [4.78, 5) is 18.8. The molecule has 7 heteroatoms. The van der Waals surface area contributed by atoms with Crippen LogP contribution in [-0.4, -0.2) is 17.4 Å². The van der Waals surface area contributed by atoms with Gasteiger partial charge >= 0.3 is 103 Å². The van der Waals surface area contributed by atoms with E-state index in [9.17, 15) is 19.8 Å². The van der Waals surface area contributed by atoms with Crippen LogP contribution in [0.25, 0.3) is 0 Å². The van der Waals surface area contributed by atoms with E-state index in [1.165, 1.54) is 0 Å². The van der Waals surface area contributed by atoms with E-state index in [0.29, 0.717) is 12.2 Å². The Labute approximate surface area is 148 Å². The first-order chi connectivity index (χ1) is 3.63. The second kappa shape index (κ2) is 14.4. The first-order valence-corrected chi connectivity index (χ1v) is 1.73. The molecule has 52 valence electrons. The minimum absolute atomic E-state index is 0. The molecule has 0 aromatic heterocycles. The van der Waals surface area contributed by atoms with Crippen molar-refractivity contribution < 1.29 is 128 Å². The van der Waals surface area contributed by atoms with Crippen molar-refractivity contribution in [2.24, 2.45) is 0 Å². The van der Waals surface area contributed by atoms with Crippen LogP contribution < -0.4 is 113 Å². The van der Waals surface area contributed by atoms with Crippen molar-refractivity contribution in [3.63, 3.8) is 0 Å². The summed E-state index contributed by atoms with van der Waals surface area (Å²) in [5, 5.41) is 18.8. The van der Waals surface area contributed by atoms with E-state index in [1.54, 1.807) is 0 Å². The van der Waals surface area contributed by atoms with E-state index in [-0.39, 0.29) is 108 Å². The molecule has 0 aliphatic carbocycles. The Kier molecular flexibility index (Phi) is 30.3. The second-order valence-corrected chi connectivity index (χ2v) is 0.971. The smallest absolute Gasteiger partial charge is 0.545 e. The fraction of sp³-hybridized carbons (Fsp3) is 0. The van der Waals surface area contributed by atoms with Gasteiger partial charge in [0.1, 0.15) is 0 Å². The Balaban J connectivity index is -0.0000000817. The number of carboxylic acid groups (broad SMARTS) is 2. The Morgan fingerprint density at radius 2 is 1.09 bits per heavy atom. The van der Waals surface area contributed by atoms with Gasteiger partial charge in [-0.2, -0.15) is 0 Å². The first kappa shape index (κ1) is 23.1.